The summed E-state index contributed by atoms with van der Waals surface area (Å²) in [7, 11) is 0. The average Bonchev–Trinajstić information content (AvgIpc) is 2.89. The normalized spacial score (nSPS) is 13.3. The molecule has 1 rings (SSSR count). The molecule has 0 saturated carbocycles. The number of benzene rings is 1. The number of aliphatic carboxylic acids is 1. The molecule has 2 atom stereocenters. The molecule has 0 amide bonds. The maximum atomic E-state index is 12.3. The van der Waals surface area contributed by atoms with Crippen LogP contribution in [0.4, 0.5) is 14.4 Å². The lowest BCUT2D eigenvalue weighted by atomic mass is 9.86. The van der Waals surface area contributed by atoms with Crippen molar-refractivity contribution in [3.63, 3.8) is 0 Å². The zero-order chi connectivity index (χ0) is 31.8. The largest absolute Gasteiger partial charge is 0.513 e. The first kappa shape index (κ1) is 36.5. The van der Waals surface area contributed by atoms with E-state index in [4.69, 9.17) is 34.2 Å². The van der Waals surface area contributed by atoms with Crippen LogP contribution in [0.2, 0.25) is 0 Å². The SMILES string of the molecule is CCCCCOC(=O)Oc1ccc(CC(N)(C[C@H](C)OC(=O)OCC(C)(C)C)C(=O)O)cc1OC(=O)OCCCCC. The summed E-state index contributed by atoms with van der Waals surface area (Å²) in [4.78, 5) is 48.8. The molecule has 0 spiro atoms. The van der Waals surface area contributed by atoms with Gasteiger partial charge < -0.3 is 39.3 Å². The highest BCUT2D eigenvalue weighted by atomic mass is 16.7. The molecule has 0 aliphatic carbocycles. The second-order valence-corrected chi connectivity index (χ2v) is 11.5. The first-order valence-electron chi connectivity index (χ1n) is 14.4. The van der Waals surface area contributed by atoms with Gasteiger partial charge in [-0.3, -0.25) is 4.79 Å². The van der Waals surface area contributed by atoms with Gasteiger partial charge in [0.2, 0.25) is 0 Å². The molecule has 0 bridgehead atoms. The van der Waals surface area contributed by atoms with Crippen LogP contribution in [-0.2, 0) is 30.2 Å². The van der Waals surface area contributed by atoms with E-state index in [9.17, 15) is 24.3 Å². The number of unbranched alkanes of at least 4 members (excludes halogenated alkanes) is 4. The van der Waals surface area contributed by atoms with E-state index in [1.807, 2.05) is 34.6 Å². The maximum Gasteiger partial charge on any atom is 0.513 e. The lowest BCUT2D eigenvalue weighted by Crippen LogP contribution is -2.52. The molecule has 0 heterocycles. The summed E-state index contributed by atoms with van der Waals surface area (Å²) in [6.45, 7) is 11.6. The summed E-state index contributed by atoms with van der Waals surface area (Å²) >= 11 is 0. The Balaban J connectivity index is 3.07. The number of hydrogen-bond acceptors (Lipinski definition) is 11. The van der Waals surface area contributed by atoms with Crippen molar-refractivity contribution in [3.8, 4) is 11.5 Å². The molecule has 1 unspecified atom stereocenters. The number of ether oxygens (including phenoxy) is 6. The molecule has 1 aromatic carbocycles. The first-order valence-corrected chi connectivity index (χ1v) is 14.4. The molecule has 0 fully saturated rings. The van der Waals surface area contributed by atoms with Crippen LogP contribution in [0.1, 0.15) is 92.1 Å². The molecular formula is C30H47NO11. The smallest absolute Gasteiger partial charge is 0.480 e. The quantitative estimate of drug-likeness (QED) is 0.0877. The number of carbonyl (C=O) groups excluding carboxylic acids is 3. The highest BCUT2D eigenvalue weighted by Crippen LogP contribution is 2.31. The Hall–Kier alpha value is -3.54. The van der Waals surface area contributed by atoms with Crippen LogP contribution in [0.15, 0.2) is 18.2 Å². The van der Waals surface area contributed by atoms with Crippen LogP contribution in [0.25, 0.3) is 0 Å². The minimum atomic E-state index is -1.87. The molecule has 238 valence electrons. The van der Waals surface area contributed by atoms with Gasteiger partial charge in [-0.2, -0.15) is 0 Å². The van der Waals surface area contributed by atoms with Crippen molar-refractivity contribution >= 4 is 24.4 Å². The van der Waals surface area contributed by atoms with Gasteiger partial charge in [0, 0.05) is 12.8 Å². The standard InChI is InChI=1S/C30H47NO11/c1-7-9-11-15-37-26(34)41-23-14-13-22(17-24(23)42-27(35)38-16-12-10-8-2)19-30(31,25(32)33)18-21(3)40-28(36)39-20-29(4,5)6/h13-14,17,21H,7-12,15-16,18-20,31H2,1-6H3,(H,32,33)/t21-,30?/m0/s1. The van der Waals surface area contributed by atoms with Crippen molar-refractivity contribution in [2.24, 2.45) is 11.1 Å². The third kappa shape index (κ3) is 14.9. The fraction of sp³-hybridized carbons (Fsp3) is 0.667. The van der Waals surface area contributed by atoms with Crippen LogP contribution >= 0.6 is 0 Å². The molecule has 12 heteroatoms. The Morgan fingerprint density at radius 2 is 1.38 bits per heavy atom. The second-order valence-electron chi connectivity index (χ2n) is 11.5. The number of carboxylic acids is 1. The molecule has 42 heavy (non-hydrogen) atoms. The summed E-state index contributed by atoms with van der Waals surface area (Å²) in [6.07, 6.45) is 0.645. The Morgan fingerprint density at radius 1 is 0.833 bits per heavy atom. The predicted octanol–water partition coefficient (Wildman–Crippen LogP) is 6.40. The van der Waals surface area contributed by atoms with E-state index < -0.39 is 36.1 Å². The Morgan fingerprint density at radius 3 is 1.88 bits per heavy atom. The van der Waals surface area contributed by atoms with Crippen LogP contribution in [0.3, 0.4) is 0 Å². The molecule has 0 saturated heterocycles. The number of carboxylic acid groups (broad SMARTS) is 1. The van der Waals surface area contributed by atoms with Gasteiger partial charge in [-0.25, -0.2) is 14.4 Å². The van der Waals surface area contributed by atoms with Gasteiger partial charge in [0.15, 0.2) is 11.5 Å². The fourth-order valence-corrected chi connectivity index (χ4v) is 3.71. The molecule has 0 aliphatic heterocycles. The average molecular weight is 598 g/mol. The molecule has 1 aromatic rings. The maximum absolute atomic E-state index is 12.3. The van der Waals surface area contributed by atoms with Gasteiger partial charge in [-0.05, 0) is 42.9 Å². The van der Waals surface area contributed by atoms with Crippen molar-refractivity contribution in [2.45, 2.75) is 105 Å². The topological polar surface area (TPSA) is 170 Å². The molecule has 0 aromatic heterocycles. The van der Waals surface area contributed by atoms with Crippen molar-refractivity contribution in [2.75, 3.05) is 19.8 Å². The van der Waals surface area contributed by atoms with Crippen molar-refractivity contribution in [1.29, 1.82) is 0 Å². The third-order valence-corrected chi connectivity index (χ3v) is 5.85. The second kappa shape index (κ2) is 18.1. The van der Waals surface area contributed by atoms with Gasteiger partial charge in [0.1, 0.15) is 11.6 Å². The van der Waals surface area contributed by atoms with E-state index in [0.29, 0.717) is 18.4 Å². The number of nitrogens with two attached hydrogens (primary N) is 1. The molecular weight excluding hydrogens is 550 g/mol. The van der Waals surface area contributed by atoms with E-state index in [-0.39, 0.29) is 49.6 Å². The van der Waals surface area contributed by atoms with E-state index in [1.54, 1.807) is 0 Å². The first-order chi connectivity index (χ1) is 19.7. The van der Waals surface area contributed by atoms with E-state index in [0.717, 1.165) is 25.7 Å². The minimum absolute atomic E-state index is 0.121. The van der Waals surface area contributed by atoms with Crippen LogP contribution in [0.5, 0.6) is 11.5 Å². The Bertz CT molecular complexity index is 1020. The lowest BCUT2D eigenvalue weighted by Gasteiger charge is -2.28. The number of rotatable bonds is 17. The van der Waals surface area contributed by atoms with E-state index >= 15 is 0 Å². The summed E-state index contributed by atoms with van der Waals surface area (Å²) < 4.78 is 31.0. The van der Waals surface area contributed by atoms with Crippen molar-refractivity contribution in [3.05, 3.63) is 23.8 Å². The van der Waals surface area contributed by atoms with Crippen LogP contribution < -0.4 is 15.2 Å². The van der Waals surface area contributed by atoms with Gasteiger partial charge >= 0.3 is 24.4 Å². The third-order valence-electron chi connectivity index (χ3n) is 5.85. The van der Waals surface area contributed by atoms with Gasteiger partial charge in [0.05, 0.1) is 19.8 Å². The zero-order valence-corrected chi connectivity index (χ0v) is 25.7. The highest BCUT2D eigenvalue weighted by molar-refractivity contribution is 5.79. The Labute approximate surface area is 248 Å². The van der Waals surface area contributed by atoms with E-state index in [1.165, 1.54) is 25.1 Å². The fourth-order valence-electron chi connectivity index (χ4n) is 3.71. The summed E-state index contributed by atoms with van der Waals surface area (Å²) in [6, 6.07) is 4.15. The van der Waals surface area contributed by atoms with Gasteiger partial charge in [-0.15, -0.1) is 0 Å². The zero-order valence-electron chi connectivity index (χ0n) is 25.7. The van der Waals surface area contributed by atoms with Crippen molar-refractivity contribution < 1.29 is 52.7 Å². The number of hydrogen-bond donors (Lipinski definition) is 2. The van der Waals surface area contributed by atoms with E-state index in [2.05, 4.69) is 0 Å². The van der Waals surface area contributed by atoms with Crippen LogP contribution in [0, 0.1) is 5.41 Å². The molecule has 0 aliphatic rings. The summed E-state index contributed by atoms with van der Waals surface area (Å²) in [5, 5.41) is 9.95. The van der Waals surface area contributed by atoms with Gasteiger partial charge in [-0.1, -0.05) is 66.4 Å². The molecule has 0 radical (unpaired) electrons. The number of carbonyl (C=O) groups is 4. The predicted molar refractivity (Wildman–Crippen MR) is 154 cm³/mol. The van der Waals surface area contributed by atoms with Gasteiger partial charge in [0.25, 0.3) is 0 Å². The lowest BCUT2D eigenvalue weighted by molar-refractivity contribution is -0.144. The van der Waals surface area contributed by atoms with Crippen LogP contribution in [-0.4, -0.2) is 61.0 Å². The highest BCUT2D eigenvalue weighted by Gasteiger charge is 2.37. The summed E-state index contributed by atoms with van der Waals surface area (Å²) in [5.74, 6) is -1.64. The Kier molecular flexibility index (Phi) is 15.7. The molecule has 12 nitrogen and oxygen atoms in total. The monoisotopic (exact) mass is 597 g/mol. The minimum Gasteiger partial charge on any atom is -0.480 e. The van der Waals surface area contributed by atoms with Crippen molar-refractivity contribution in [1.82, 2.24) is 0 Å². The molecule has 3 N–H and O–H groups in total. The summed E-state index contributed by atoms with van der Waals surface area (Å²) in [5.41, 5.74) is 4.47.